The molecule has 0 aliphatic carbocycles. The van der Waals surface area contributed by atoms with Gasteiger partial charge < -0.3 is 4.42 Å². The molecule has 1 aliphatic heterocycles. The molecule has 76 valence electrons. The molecule has 0 fully saturated rings. The van der Waals surface area contributed by atoms with Crippen molar-refractivity contribution in [1.29, 1.82) is 0 Å². The van der Waals surface area contributed by atoms with E-state index >= 15 is 0 Å². The molecule has 0 aromatic carbocycles. The van der Waals surface area contributed by atoms with Gasteiger partial charge in [0.05, 0.1) is 6.26 Å². The smallest absolute Gasteiger partial charge is 0.212 e. The summed E-state index contributed by atoms with van der Waals surface area (Å²) in [7, 11) is 0. The third kappa shape index (κ3) is 1.37. The molecule has 3 rings (SSSR count). The van der Waals surface area contributed by atoms with Crippen LogP contribution in [0.15, 0.2) is 33.1 Å². The van der Waals surface area contributed by atoms with Gasteiger partial charge in [0.1, 0.15) is 5.71 Å². The number of aromatic nitrogens is 3. The van der Waals surface area contributed by atoms with Crippen molar-refractivity contribution >= 4 is 17.5 Å². The molecule has 5 nitrogen and oxygen atoms in total. The van der Waals surface area contributed by atoms with Crippen molar-refractivity contribution < 1.29 is 4.42 Å². The average molecular weight is 220 g/mol. The lowest BCUT2D eigenvalue weighted by molar-refractivity contribution is 0.555. The van der Waals surface area contributed by atoms with Gasteiger partial charge in [0.25, 0.3) is 0 Å². The largest absolute Gasteiger partial charge is 0.463 e. The zero-order valence-electron chi connectivity index (χ0n) is 8.04. The van der Waals surface area contributed by atoms with Gasteiger partial charge >= 0.3 is 0 Å². The number of aryl methyl sites for hydroxylation is 1. The van der Waals surface area contributed by atoms with Crippen LogP contribution in [0.4, 0.5) is 0 Å². The molecule has 2 aromatic rings. The summed E-state index contributed by atoms with van der Waals surface area (Å²) in [5.74, 6) is 2.37. The number of hydrogen-bond acceptors (Lipinski definition) is 5. The maximum absolute atomic E-state index is 5.31. The SMILES string of the molecule is Cc1nnc2n1N=C(c1ccco1)CS2. The minimum Gasteiger partial charge on any atom is -0.463 e. The van der Waals surface area contributed by atoms with E-state index < -0.39 is 0 Å². The fraction of sp³-hybridized carbons (Fsp3) is 0.222. The fourth-order valence-electron chi connectivity index (χ4n) is 1.39. The van der Waals surface area contributed by atoms with Crippen molar-refractivity contribution in [2.24, 2.45) is 5.10 Å². The molecule has 1 aliphatic rings. The van der Waals surface area contributed by atoms with Crippen LogP contribution in [0.1, 0.15) is 11.6 Å². The topological polar surface area (TPSA) is 56.2 Å². The van der Waals surface area contributed by atoms with E-state index in [1.165, 1.54) is 0 Å². The number of thioether (sulfide) groups is 1. The van der Waals surface area contributed by atoms with Crippen LogP contribution in [0.3, 0.4) is 0 Å². The third-order valence-electron chi connectivity index (χ3n) is 2.13. The summed E-state index contributed by atoms with van der Waals surface area (Å²) in [6.45, 7) is 1.88. The van der Waals surface area contributed by atoms with Gasteiger partial charge in [-0.1, -0.05) is 11.8 Å². The fourth-order valence-corrected chi connectivity index (χ4v) is 2.25. The predicted molar refractivity (Wildman–Crippen MR) is 56.1 cm³/mol. The summed E-state index contributed by atoms with van der Waals surface area (Å²) in [5.41, 5.74) is 0.917. The highest BCUT2D eigenvalue weighted by atomic mass is 32.2. The summed E-state index contributed by atoms with van der Waals surface area (Å²) < 4.78 is 7.05. The monoisotopic (exact) mass is 220 g/mol. The van der Waals surface area contributed by atoms with Crippen molar-refractivity contribution in [1.82, 2.24) is 14.9 Å². The Hall–Kier alpha value is -1.56. The van der Waals surface area contributed by atoms with E-state index in [-0.39, 0.29) is 0 Å². The summed E-state index contributed by atoms with van der Waals surface area (Å²) >= 11 is 1.61. The minimum absolute atomic E-state index is 0.769. The first kappa shape index (κ1) is 8.72. The van der Waals surface area contributed by atoms with Crippen LogP contribution < -0.4 is 0 Å². The number of hydrogen-bond donors (Lipinski definition) is 0. The summed E-state index contributed by atoms with van der Waals surface area (Å²) in [5, 5.41) is 13.3. The van der Waals surface area contributed by atoms with Crippen molar-refractivity contribution in [3.8, 4) is 0 Å². The van der Waals surface area contributed by atoms with E-state index in [1.807, 2.05) is 19.1 Å². The predicted octanol–water partition coefficient (Wildman–Crippen LogP) is 1.54. The molecule has 0 spiro atoms. The Morgan fingerprint density at radius 3 is 3.20 bits per heavy atom. The van der Waals surface area contributed by atoms with Gasteiger partial charge in [0, 0.05) is 5.75 Å². The second-order valence-electron chi connectivity index (χ2n) is 3.15. The van der Waals surface area contributed by atoms with Crippen LogP contribution in [-0.4, -0.2) is 26.3 Å². The van der Waals surface area contributed by atoms with Gasteiger partial charge in [0.15, 0.2) is 11.6 Å². The quantitative estimate of drug-likeness (QED) is 0.731. The first-order chi connectivity index (χ1) is 7.34. The lowest BCUT2D eigenvalue weighted by Crippen LogP contribution is -2.13. The molecule has 0 amide bonds. The van der Waals surface area contributed by atoms with Crippen molar-refractivity contribution in [2.75, 3.05) is 5.75 Å². The van der Waals surface area contributed by atoms with E-state index in [9.17, 15) is 0 Å². The molecule has 2 aromatic heterocycles. The lowest BCUT2D eigenvalue weighted by Gasteiger charge is -2.10. The van der Waals surface area contributed by atoms with E-state index in [4.69, 9.17) is 4.42 Å². The Kier molecular flexibility index (Phi) is 1.88. The molecule has 3 heterocycles. The van der Waals surface area contributed by atoms with Gasteiger partial charge in [-0.25, -0.2) is 0 Å². The van der Waals surface area contributed by atoms with Crippen molar-refractivity contribution in [2.45, 2.75) is 12.1 Å². The van der Waals surface area contributed by atoms with Crippen LogP contribution in [0.25, 0.3) is 0 Å². The summed E-state index contributed by atoms with van der Waals surface area (Å²) in [6, 6.07) is 3.77. The molecule has 0 N–H and O–H groups in total. The van der Waals surface area contributed by atoms with Gasteiger partial charge in [-0.3, -0.25) is 0 Å². The van der Waals surface area contributed by atoms with Crippen molar-refractivity contribution in [3.05, 3.63) is 30.0 Å². The van der Waals surface area contributed by atoms with Crippen LogP contribution in [0, 0.1) is 6.92 Å². The molecular formula is C9H8N4OS. The number of nitrogens with zero attached hydrogens (tertiary/aromatic N) is 4. The highest BCUT2D eigenvalue weighted by Gasteiger charge is 2.18. The zero-order chi connectivity index (χ0) is 10.3. The highest BCUT2D eigenvalue weighted by Crippen LogP contribution is 2.23. The molecular weight excluding hydrogens is 212 g/mol. The lowest BCUT2D eigenvalue weighted by atomic mass is 10.3. The number of furan rings is 1. The molecule has 0 saturated heterocycles. The Bertz CT molecular complexity index is 514. The van der Waals surface area contributed by atoms with Gasteiger partial charge in [-0.15, -0.1) is 10.2 Å². The molecule has 15 heavy (non-hydrogen) atoms. The van der Waals surface area contributed by atoms with Crippen LogP contribution >= 0.6 is 11.8 Å². The normalized spacial score (nSPS) is 14.9. The van der Waals surface area contributed by atoms with Crippen LogP contribution in [0.5, 0.6) is 0 Å². The summed E-state index contributed by atoms with van der Waals surface area (Å²) in [6.07, 6.45) is 1.65. The average Bonchev–Trinajstić information content (AvgIpc) is 2.88. The second kappa shape index (κ2) is 3.23. The third-order valence-corrected chi connectivity index (χ3v) is 3.06. The molecule has 0 bridgehead atoms. The maximum atomic E-state index is 5.31. The number of fused-ring (bicyclic) bond motifs is 1. The minimum atomic E-state index is 0.769. The Morgan fingerprint density at radius 1 is 1.47 bits per heavy atom. The van der Waals surface area contributed by atoms with Gasteiger partial charge in [0.2, 0.25) is 5.16 Å². The first-order valence-corrected chi connectivity index (χ1v) is 5.50. The molecule has 0 unspecified atom stereocenters. The molecule has 6 heteroatoms. The highest BCUT2D eigenvalue weighted by molar-refractivity contribution is 7.99. The van der Waals surface area contributed by atoms with Crippen LogP contribution in [-0.2, 0) is 0 Å². The number of rotatable bonds is 1. The second-order valence-corrected chi connectivity index (χ2v) is 4.10. The summed E-state index contributed by atoms with van der Waals surface area (Å²) in [4.78, 5) is 0. The van der Waals surface area contributed by atoms with Gasteiger partial charge in [-0.2, -0.15) is 9.78 Å². The van der Waals surface area contributed by atoms with Crippen LogP contribution in [0.2, 0.25) is 0 Å². The van der Waals surface area contributed by atoms with E-state index in [1.54, 1.807) is 22.7 Å². The van der Waals surface area contributed by atoms with Crippen molar-refractivity contribution in [3.63, 3.8) is 0 Å². The Labute approximate surface area is 90.2 Å². The maximum Gasteiger partial charge on any atom is 0.212 e. The Balaban J connectivity index is 2.08. The zero-order valence-corrected chi connectivity index (χ0v) is 8.86. The molecule has 0 radical (unpaired) electrons. The molecule has 0 saturated carbocycles. The van der Waals surface area contributed by atoms with E-state index in [2.05, 4.69) is 15.3 Å². The Morgan fingerprint density at radius 2 is 2.40 bits per heavy atom. The first-order valence-electron chi connectivity index (χ1n) is 4.51. The van der Waals surface area contributed by atoms with E-state index in [0.717, 1.165) is 28.2 Å². The standard InChI is InChI=1S/C9H8N4OS/c1-6-10-11-9-13(6)12-7(5-15-9)8-3-2-4-14-8/h2-4H,5H2,1H3. The molecule has 0 atom stereocenters. The van der Waals surface area contributed by atoms with Gasteiger partial charge in [-0.05, 0) is 19.1 Å². The van der Waals surface area contributed by atoms with E-state index in [0.29, 0.717) is 0 Å².